The van der Waals surface area contributed by atoms with Gasteiger partial charge >= 0.3 is 6.18 Å². The second-order valence-electron chi connectivity index (χ2n) is 4.02. The lowest BCUT2D eigenvalue weighted by Crippen LogP contribution is -2.32. The fourth-order valence-corrected chi connectivity index (χ4v) is 2.49. The molecule has 0 spiro atoms. The Morgan fingerprint density at radius 3 is 2.44 bits per heavy atom. The molecule has 3 nitrogen and oxygen atoms in total. The summed E-state index contributed by atoms with van der Waals surface area (Å²) in [5.74, 6) is -1.12. The Hall–Kier alpha value is -0.850. The molecule has 0 aliphatic heterocycles. The maximum Gasteiger partial charge on any atom is 0.391 e. The van der Waals surface area contributed by atoms with Gasteiger partial charge in [-0.05, 0) is 25.7 Å². The van der Waals surface area contributed by atoms with Gasteiger partial charge in [-0.2, -0.15) is 13.2 Å². The van der Waals surface area contributed by atoms with Crippen molar-refractivity contribution < 1.29 is 13.2 Å². The fourth-order valence-electron chi connectivity index (χ4n) is 2.00. The van der Waals surface area contributed by atoms with Gasteiger partial charge < -0.3 is 5.32 Å². The molecule has 1 heterocycles. The molecule has 1 N–H and O–H groups in total. The molecule has 0 unspecified atom stereocenters. The first-order valence-corrected chi connectivity index (χ1v) is 5.93. The predicted molar refractivity (Wildman–Crippen MR) is 55.3 cm³/mol. The third-order valence-corrected chi connectivity index (χ3v) is 3.49. The van der Waals surface area contributed by atoms with Crippen LogP contribution in [0, 0.1) is 5.92 Å². The first-order chi connectivity index (χ1) is 7.55. The summed E-state index contributed by atoms with van der Waals surface area (Å²) >= 11 is 1.23. The third kappa shape index (κ3) is 2.84. The first kappa shape index (κ1) is 11.6. The van der Waals surface area contributed by atoms with Crippen LogP contribution in [0.2, 0.25) is 0 Å². The number of nitrogens with one attached hydrogen (secondary N) is 1. The van der Waals surface area contributed by atoms with Crippen molar-refractivity contribution in [2.45, 2.75) is 37.9 Å². The van der Waals surface area contributed by atoms with Crippen molar-refractivity contribution in [2.75, 3.05) is 5.32 Å². The van der Waals surface area contributed by atoms with E-state index >= 15 is 0 Å². The first-order valence-electron chi connectivity index (χ1n) is 5.16. The van der Waals surface area contributed by atoms with E-state index in [-0.39, 0.29) is 18.9 Å². The lowest BCUT2D eigenvalue weighted by Gasteiger charge is -2.30. The number of anilines is 1. The smallest absolute Gasteiger partial charge is 0.372 e. The molecule has 0 atom stereocenters. The minimum atomic E-state index is -4.03. The van der Waals surface area contributed by atoms with Gasteiger partial charge in [0.05, 0.1) is 12.1 Å². The average molecular weight is 251 g/mol. The van der Waals surface area contributed by atoms with Gasteiger partial charge in [-0.1, -0.05) is 4.49 Å². The molecule has 1 aliphatic rings. The number of hydrogen-bond donors (Lipinski definition) is 1. The van der Waals surface area contributed by atoms with E-state index in [4.69, 9.17) is 0 Å². The molecular formula is C9H12F3N3S. The second kappa shape index (κ2) is 4.57. The van der Waals surface area contributed by atoms with E-state index in [2.05, 4.69) is 14.9 Å². The van der Waals surface area contributed by atoms with Crippen LogP contribution >= 0.6 is 11.5 Å². The predicted octanol–water partition coefficient (Wildman–Crippen LogP) is 3.07. The van der Waals surface area contributed by atoms with E-state index in [0.717, 1.165) is 5.00 Å². The van der Waals surface area contributed by atoms with E-state index in [1.807, 2.05) is 0 Å². The summed E-state index contributed by atoms with van der Waals surface area (Å²) in [6.07, 6.45) is -0.886. The number of nitrogens with zero attached hydrogens (tertiary/aromatic N) is 2. The van der Waals surface area contributed by atoms with E-state index in [1.54, 1.807) is 6.20 Å². The zero-order chi connectivity index (χ0) is 11.6. The topological polar surface area (TPSA) is 37.8 Å². The molecule has 90 valence electrons. The minimum Gasteiger partial charge on any atom is -0.372 e. The zero-order valence-electron chi connectivity index (χ0n) is 8.50. The molecule has 1 aliphatic carbocycles. The molecule has 1 aromatic rings. The maximum absolute atomic E-state index is 12.4. The molecule has 0 bridgehead atoms. The third-order valence-electron chi connectivity index (χ3n) is 2.90. The van der Waals surface area contributed by atoms with Gasteiger partial charge in [0.25, 0.3) is 0 Å². The second-order valence-corrected chi connectivity index (χ2v) is 4.80. The van der Waals surface area contributed by atoms with Crippen LogP contribution < -0.4 is 5.32 Å². The normalized spacial score (nSPS) is 26.7. The Bertz CT molecular complexity index is 317. The maximum atomic E-state index is 12.4. The number of alkyl halides is 3. The summed E-state index contributed by atoms with van der Waals surface area (Å²) in [5, 5.41) is 7.66. The molecule has 0 amide bonds. The summed E-state index contributed by atoms with van der Waals surface area (Å²) in [7, 11) is 0. The fraction of sp³-hybridized carbons (Fsp3) is 0.778. The summed E-state index contributed by atoms with van der Waals surface area (Å²) in [4.78, 5) is 0. The quantitative estimate of drug-likeness (QED) is 0.877. The Balaban J connectivity index is 1.82. The molecule has 1 saturated carbocycles. The average Bonchev–Trinajstić information content (AvgIpc) is 2.70. The molecule has 0 saturated heterocycles. The Labute approximate surface area is 95.2 Å². The van der Waals surface area contributed by atoms with Crippen molar-refractivity contribution in [1.82, 2.24) is 9.59 Å². The number of rotatable bonds is 2. The van der Waals surface area contributed by atoms with Crippen LogP contribution in [0.15, 0.2) is 6.20 Å². The highest BCUT2D eigenvalue weighted by molar-refractivity contribution is 7.09. The van der Waals surface area contributed by atoms with Gasteiger partial charge in [0, 0.05) is 17.6 Å². The highest BCUT2D eigenvalue weighted by Crippen LogP contribution is 2.38. The van der Waals surface area contributed by atoms with Crippen LogP contribution in [0.4, 0.5) is 18.2 Å². The van der Waals surface area contributed by atoms with Crippen molar-refractivity contribution in [3.8, 4) is 0 Å². The molecular weight excluding hydrogens is 239 g/mol. The molecule has 7 heteroatoms. The molecule has 2 rings (SSSR count). The Kier molecular flexibility index (Phi) is 3.32. The monoisotopic (exact) mass is 251 g/mol. The summed E-state index contributed by atoms with van der Waals surface area (Å²) in [5.41, 5.74) is 0. The largest absolute Gasteiger partial charge is 0.391 e. The lowest BCUT2D eigenvalue weighted by atomic mass is 9.86. The molecule has 1 fully saturated rings. The minimum absolute atomic E-state index is 0.126. The SMILES string of the molecule is FC(F)(F)C1CCC(Nc2cnns2)CC1. The van der Waals surface area contributed by atoms with Crippen molar-refractivity contribution >= 4 is 16.5 Å². The summed E-state index contributed by atoms with van der Waals surface area (Å²) in [6, 6.07) is 0.126. The van der Waals surface area contributed by atoms with Crippen LogP contribution in [-0.2, 0) is 0 Å². The Morgan fingerprint density at radius 1 is 1.25 bits per heavy atom. The van der Waals surface area contributed by atoms with Crippen molar-refractivity contribution in [3.05, 3.63) is 6.20 Å². The van der Waals surface area contributed by atoms with Crippen molar-refractivity contribution in [3.63, 3.8) is 0 Å². The van der Waals surface area contributed by atoms with Crippen LogP contribution in [-0.4, -0.2) is 21.8 Å². The molecule has 0 aromatic carbocycles. The lowest BCUT2D eigenvalue weighted by molar-refractivity contribution is -0.182. The van der Waals surface area contributed by atoms with Gasteiger partial charge in [-0.15, -0.1) is 5.10 Å². The molecule has 0 radical (unpaired) electrons. The van der Waals surface area contributed by atoms with Gasteiger partial charge in [-0.3, -0.25) is 0 Å². The highest BCUT2D eigenvalue weighted by atomic mass is 32.1. The molecule has 1 aromatic heterocycles. The van der Waals surface area contributed by atoms with Gasteiger partial charge in [-0.25, -0.2) is 0 Å². The van der Waals surface area contributed by atoms with Crippen LogP contribution in [0.3, 0.4) is 0 Å². The van der Waals surface area contributed by atoms with Gasteiger partial charge in [0.1, 0.15) is 5.00 Å². The van der Waals surface area contributed by atoms with Crippen LogP contribution in [0.5, 0.6) is 0 Å². The van der Waals surface area contributed by atoms with E-state index in [9.17, 15) is 13.2 Å². The van der Waals surface area contributed by atoms with Gasteiger partial charge in [0.15, 0.2) is 0 Å². The standard InChI is InChI=1S/C9H12F3N3S/c10-9(11,12)6-1-3-7(4-2-6)14-8-5-13-15-16-8/h5-7,14H,1-4H2. The number of halogens is 3. The summed E-state index contributed by atoms with van der Waals surface area (Å²) < 4.78 is 40.9. The van der Waals surface area contributed by atoms with E-state index < -0.39 is 12.1 Å². The Morgan fingerprint density at radius 2 is 1.94 bits per heavy atom. The van der Waals surface area contributed by atoms with E-state index in [0.29, 0.717) is 12.8 Å². The summed E-state index contributed by atoms with van der Waals surface area (Å²) in [6.45, 7) is 0. The van der Waals surface area contributed by atoms with Crippen LogP contribution in [0.1, 0.15) is 25.7 Å². The number of aromatic nitrogens is 2. The van der Waals surface area contributed by atoms with Gasteiger partial charge in [0.2, 0.25) is 0 Å². The van der Waals surface area contributed by atoms with Crippen molar-refractivity contribution in [2.24, 2.45) is 5.92 Å². The molecule has 16 heavy (non-hydrogen) atoms. The highest BCUT2D eigenvalue weighted by Gasteiger charge is 2.41. The zero-order valence-corrected chi connectivity index (χ0v) is 9.31. The van der Waals surface area contributed by atoms with E-state index in [1.165, 1.54) is 11.5 Å². The number of hydrogen-bond acceptors (Lipinski definition) is 4. The van der Waals surface area contributed by atoms with Crippen molar-refractivity contribution in [1.29, 1.82) is 0 Å². The van der Waals surface area contributed by atoms with Crippen LogP contribution in [0.25, 0.3) is 0 Å².